The van der Waals surface area contributed by atoms with Gasteiger partial charge in [-0.25, -0.2) is 0 Å². The summed E-state index contributed by atoms with van der Waals surface area (Å²) in [6.45, 7) is 4.94. The van der Waals surface area contributed by atoms with Crippen LogP contribution in [0.15, 0.2) is 18.2 Å². The first-order chi connectivity index (χ1) is 12.3. The van der Waals surface area contributed by atoms with Gasteiger partial charge in [0.15, 0.2) is 0 Å². The Morgan fingerprint density at radius 1 is 1.37 bits per heavy atom. The molecule has 1 heterocycles. The topological polar surface area (TPSA) is 84.7 Å². The molecule has 1 atom stereocenters. The monoisotopic (exact) mass is 417 g/mol. The molecular weight excluding hydrogens is 389 g/mol. The second kappa shape index (κ2) is 10.2. The molecule has 0 bridgehead atoms. The second-order valence-corrected chi connectivity index (χ2v) is 7.22. The van der Waals surface area contributed by atoms with Crippen molar-refractivity contribution >= 4 is 35.8 Å². The average Bonchev–Trinajstić information content (AvgIpc) is 3.15. The van der Waals surface area contributed by atoms with Crippen LogP contribution in [-0.4, -0.2) is 48.5 Å². The zero-order chi connectivity index (χ0) is 19.3. The number of hydrogen-bond acceptors (Lipinski definition) is 4. The van der Waals surface area contributed by atoms with E-state index in [1.165, 1.54) is 7.11 Å². The Labute approximate surface area is 172 Å². The number of methoxy groups -OCH3 is 1. The number of hydrogen-bond donors (Lipinski definition) is 2. The first kappa shape index (κ1) is 23.5. The van der Waals surface area contributed by atoms with Crippen molar-refractivity contribution in [1.29, 1.82) is 0 Å². The van der Waals surface area contributed by atoms with E-state index in [2.05, 4.69) is 5.32 Å². The maximum absolute atomic E-state index is 13.0. The molecule has 8 heteroatoms. The molecular formula is C19H29Cl2N3O3. The molecule has 2 amide bonds. The minimum atomic E-state index is -0.496. The predicted octanol–water partition coefficient (Wildman–Crippen LogP) is 3.01. The Morgan fingerprint density at radius 3 is 2.63 bits per heavy atom. The van der Waals surface area contributed by atoms with Crippen LogP contribution in [0.2, 0.25) is 5.02 Å². The molecule has 6 nitrogen and oxygen atoms in total. The molecule has 0 spiro atoms. The Balaban J connectivity index is 0.00000364. The third-order valence-electron chi connectivity index (χ3n) is 5.23. The standard InChI is InChI=1S/C19H28ClN3O3.ClH/c1-4-19(21,5-2)12-22-17(24)15-7-6-10-23(15)18(25)14-11-13(20)8-9-16(14)26-3;/h8-9,11,15H,4-7,10,12,21H2,1-3H3,(H,22,24);1H. The van der Waals surface area contributed by atoms with Crippen LogP contribution in [0.3, 0.4) is 0 Å². The summed E-state index contributed by atoms with van der Waals surface area (Å²) in [5.74, 6) is 0.0453. The summed E-state index contributed by atoms with van der Waals surface area (Å²) < 4.78 is 5.27. The molecule has 1 unspecified atom stereocenters. The number of rotatable bonds is 7. The minimum absolute atomic E-state index is 0. The number of nitrogens with zero attached hydrogens (tertiary/aromatic N) is 1. The van der Waals surface area contributed by atoms with Crippen molar-refractivity contribution in [1.82, 2.24) is 10.2 Å². The van der Waals surface area contributed by atoms with Gasteiger partial charge in [-0.3, -0.25) is 9.59 Å². The van der Waals surface area contributed by atoms with Crippen molar-refractivity contribution in [2.24, 2.45) is 5.73 Å². The molecule has 0 aromatic heterocycles. The molecule has 0 saturated carbocycles. The summed E-state index contributed by atoms with van der Waals surface area (Å²) in [7, 11) is 1.50. The van der Waals surface area contributed by atoms with Crippen LogP contribution in [0.1, 0.15) is 49.9 Å². The molecule has 1 aromatic rings. The van der Waals surface area contributed by atoms with Gasteiger partial charge < -0.3 is 20.7 Å². The van der Waals surface area contributed by atoms with Crippen LogP contribution in [-0.2, 0) is 4.79 Å². The van der Waals surface area contributed by atoms with E-state index >= 15 is 0 Å². The highest BCUT2D eigenvalue weighted by Crippen LogP contribution is 2.27. The number of carbonyl (C=O) groups excluding carboxylic acids is 2. The fourth-order valence-corrected chi connectivity index (χ4v) is 3.34. The molecule has 3 N–H and O–H groups in total. The maximum Gasteiger partial charge on any atom is 0.258 e. The summed E-state index contributed by atoms with van der Waals surface area (Å²) in [6.07, 6.45) is 2.96. The van der Waals surface area contributed by atoms with Crippen LogP contribution < -0.4 is 15.8 Å². The van der Waals surface area contributed by atoms with Crippen LogP contribution in [0.25, 0.3) is 0 Å². The van der Waals surface area contributed by atoms with Gasteiger partial charge in [0.1, 0.15) is 11.8 Å². The molecule has 1 saturated heterocycles. The Kier molecular flexibility index (Phi) is 8.85. The van der Waals surface area contributed by atoms with Gasteiger partial charge in [0.2, 0.25) is 5.91 Å². The minimum Gasteiger partial charge on any atom is -0.496 e. The molecule has 152 valence electrons. The van der Waals surface area contributed by atoms with Gasteiger partial charge in [-0.15, -0.1) is 12.4 Å². The molecule has 0 radical (unpaired) electrons. The van der Waals surface area contributed by atoms with Crippen molar-refractivity contribution in [3.8, 4) is 5.75 Å². The van der Waals surface area contributed by atoms with E-state index < -0.39 is 11.6 Å². The Hall–Kier alpha value is -1.50. The normalized spacial score (nSPS) is 16.6. The molecule has 27 heavy (non-hydrogen) atoms. The number of halogens is 2. The lowest BCUT2D eigenvalue weighted by Gasteiger charge is -2.29. The van der Waals surface area contributed by atoms with Gasteiger partial charge >= 0.3 is 0 Å². The lowest BCUT2D eigenvalue weighted by molar-refractivity contribution is -0.125. The lowest BCUT2D eigenvalue weighted by Crippen LogP contribution is -2.53. The van der Waals surface area contributed by atoms with Crippen LogP contribution >= 0.6 is 24.0 Å². The van der Waals surface area contributed by atoms with E-state index in [1.807, 2.05) is 13.8 Å². The highest BCUT2D eigenvalue weighted by molar-refractivity contribution is 6.31. The van der Waals surface area contributed by atoms with Gasteiger partial charge in [-0.1, -0.05) is 25.4 Å². The van der Waals surface area contributed by atoms with Gasteiger partial charge in [0, 0.05) is 23.7 Å². The zero-order valence-corrected chi connectivity index (χ0v) is 17.7. The summed E-state index contributed by atoms with van der Waals surface area (Å²) >= 11 is 6.04. The number of carbonyl (C=O) groups is 2. The number of benzene rings is 1. The zero-order valence-electron chi connectivity index (χ0n) is 16.1. The van der Waals surface area contributed by atoms with E-state index in [0.29, 0.717) is 35.8 Å². The van der Waals surface area contributed by atoms with Crippen LogP contribution in [0.4, 0.5) is 0 Å². The van der Waals surface area contributed by atoms with E-state index in [-0.39, 0.29) is 24.2 Å². The third-order valence-corrected chi connectivity index (χ3v) is 5.47. The predicted molar refractivity (Wildman–Crippen MR) is 110 cm³/mol. The maximum atomic E-state index is 13.0. The van der Waals surface area contributed by atoms with E-state index in [1.54, 1.807) is 23.1 Å². The summed E-state index contributed by atoms with van der Waals surface area (Å²) in [4.78, 5) is 27.3. The second-order valence-electron chi connectivity index (χ2n) is 6.79. The molecule has 1 aromatic carbocycles. The van der Waals surface area contributed by atoms with Crippen molar-refractivity contribution in [3.05, 3.63) is 28.8 Å². The summed E-state index contributed by atoms with van der Waals surface area (Å²) in [6, 6.07) is 4.41. The lowest BCUT2D eigenvalue weighted by atomic mass is 9.94. The number of nitrogens with one attached hydrogen (secondary N) is 1. The van der Waals surface area contributed by atoms with Crippen molar-refractivity contribution in [2.75, 3.05) is 20.2 Å². The van der Waals surface area contributed by atoms with Gasteiger partial charge in [0.25, 0.3) is 5.91 Å². The van der Waals surface area contributed by atoms with E-state index in [9.17, 15) is 9.59 Å². The number of likely N-dealkylation sites (tertiary alicyclic amines) is 1. The first-order valence-corrected chi connectivity index (χ1v) is 9.44. The molecule has 1 aliphatic rings. The number of nitrogens with two attached hydrogens (primary N) is 1. The van der Waals surface area contributed by atoms with Crippen molar-refractivity contribution in [2.45, 2.75) is 51.1 Å². The molecule has 2 rings (SSSR count). The molecule has 1 aliphatic heterocycles. The fraction of sp³-hybridized carbons (Fsp3) is 0.579. The number of amides is 2. The Morgan fingerprint density at radius 2 is 2.04 bits per heavy atom. The molecule has 1 fully saturated rings. The van der Waals surface area contributed by atoms with Crippen molar-refractivity contribution < 1.29 is 14.3 Å². The smallest absolute Gasteiger partial charge is 0.258 e. The van der Waals surface area contributed by atoms with Crippen molar-refractivity contribution in [3.63, 3.8) is 0 Å². The first-order valence-electron chi connectivity index (χ1n) is 9.06. The largest absolute Gasteiger partial charge is 0.496 e. The summed E-state index contributed by atoms with van der Waals surface area (Å²) in [5, 5.41) is 3.38. The van der Waals surface area contributed by atoms with Gasteiger partial charge in [-0.05, 0) is 43.9 Å². The SMILES string of the molecule is CCC(N)(CC)CNC(=O)C1CCCN1C(=O)c1cc(Cl)ccc1OC.Cl. The number of ether oxygens (including phenoxy) is 1. The average molecular weight is 418 g/mol. The highest BCUT2D eigenvalue weighted by atomic mass is 35.5. The van der Waals surface area contributed by atoms with Crippen LogP contribution in [0, 0.1) is 0 Å². The fourth-order valence-electron chi connectivity index (χ4n) is 3.17. The van der Waals surface area contributed by atoms with E-state index in [0.717, 1.165) is 19.3 Å². The van der Waals surface area contributed by atoms with Gasteiger partial charge in [-0.2, -0.15) is 0 Å². The summed E-state index contributed by atoms with van der Waals surface area (Å²) in [5.41, 5.74) is 6.21. The van der Waals surface area contributed by atoms with E-state index in [4.69, 9.17) is 22.1 Å². The third kappa shape index (κ3) is 5.50. The highest BCUT2D eigenvalue weighted by Gasteiger charge is 2.36. The quantitative estimate of drug-likeness (QED) is 0.713. The Bertz CT molecular complexity index is 666. The van der Waals surface area contributed by atoms with Crippen LogP contribution in [0.5, 0.6) is 5.75 Å². The molecule has 0 aliphatic carbocycles. The van der Waals surface area contributed by atoms with Gasteiger partial charge in [0.05, 0.1) is 12.7 Å².